The molecule has 0 saturated heterocycles. The molecule has 1 atom stereocenters. The fourth-order valence-electron chi connectivity index (χ4n) is 3.39. The first-order valence-electron chi connectivity index (χ1n) is 10.1. The molecule has 25 heavy (non-hydrogen) atoms. The third kappa shape index (κ3) is 8.73. The van der Waals surface area contributed by atoms with Gasteiger partial charge < -0.3 is 14.8 Å². The van der Waals surface area contributed by atoms with Crippen molar-refractivity contribution in [3.05, 3.63) is 30.3 Å². The molecule has 0 aliphatic heterocycles. The first-order chi connectivity index (χ1) is 12.2. The van der Waals surface area contributed by atoms with E-state index in [1.807, 2.05) is 6.07 Å². The smallest absolute Gasteiger partial charge is 0.167 e. The summed E-state index contributed by atoms with van der Waals surface area (Å²) in [7, 11) is 3.53. The van der Waals surface area contributed by atoms with Crippen LogP contribution in [0.1, 0.15) is 71.6 Å². The molecule has 0 aromatic heterocycles. The zero-order chi connectivity index (χ0) is 18.4. The van der Waals surface area contributed by atoms with Gasteiger partial charge in [-0.25, -0.2) is 0 Å². The number of unbranched alkanes of at least 4 members (excludes halogenated alkanes) is 5. The third-order valence-corrected chi connectivity index (χ3v) is 5.29. The van der Waals surface area contributed by atoms with E-state index < -0.39 is 5.79 Å². The predicted molar refractivity (Wildman–Crippen MR) is 108 cm³/mol. The van der Waals surface area contributed by atoms with E-state index in [-0.39, 0.29) is 0 Å². The van der Waals surface area contributed by atoms with E-state index in [0.29, 0.717) is 5.92 Å². The average Bonchev–Trinajstić information content (AvgIpc) is 2.66. The number of benzene rings is 1. The van der Waals surface area contributed by atoms with Crippen LogP contribution in [0.5, 0.6) is 0 Å². The molecule has 0 unspecified atom stereocenters. The Balaban J connectivity index is 2.37. The van der Waals surface area contributed by atoms with Gasteiger partial charge in [0.05, 0.1) is 0 Å². The number of methoxy groups -OCH3 is 2. The Hall–Kier alpha value is -1.06. The van der Waals surface area contributed by atoms with Crippen molar-refractivity contribution in [3.8, 4) is 0 Å². The summed E-state index contributed by atoms with van der Waals surface area (Å²) in [6.45, 7) is 5.34. The molecule has 144 valence electrons. The number of nitrogens with one attached hydrogen (secondary N) is 1. The number of para-hydroxylation sites is 1. The average molecular weight is 350 g/mol. The lowest BCUT2D eigenvalue weighted by Crippen LogP contribution is -2.39. The van der Waals surface area contributed by atoms with E-state index in [0.717, 1.165) is 19.4 Å². The van der Waals surface area contributed by atoms with E-state index >= 15 is 0 Å². The molecule has 3 heteroatoms. The Bertz CT molecular complexity index is 417. The largest absolute Gasteiger partial charge is 0.385 e. The van der Waals surface area contributed by atoms with Crippen LogP contribution in [0, 0.1) is 5.92 Å². The maximum Gasteiger partial charge on any atom is 0.167 e. The van der Waals surface area contributed by atoms with Crippen LogP contribution in [0.3, 0.4) is 0 Å². The normalized spacial score (nSPS) is 13.0. The maximum absolute atomic E-state index is 5.72. The summed E-state index contributed by atoms with van der Waals surface area (Å²) < 4.78 is 11.4. The number of anilines is 1. The van der Waals surface area contributed by atoms with Gasteiger partial charge >= 0.3 is 0 Å². The minimum Gasteiger partial charge on any atom is -0.385 e. The molecule has 0 radical (unpaired) electrons. The molecule has 1 rings (SSSR count). The molecule has 0 amide bonds. The van der Waals surface area contributed by atoms with Gasteiger partial charge in [0.15, 0.2) is 5.79 Å². The lowest BCUT2D eigenvalue weighted by molar-refractivity contribution is -0.230. The van der Waals surface area contributed by atoms with Gasteiger partial charge in [-0.05, 0) is 38.3 Å². The lowest BCUT2D eigenvalue weighted by Gasteiger charge is -2.35. The molecular weight excluding hydrogens is 310 g/mol. The van der Waals surface area contributed by atoms with E-state index in [1.165, 1.54) is 50.6 Å². The third-order valence-electron chi connectivity index (χ3n) is 5.29. The van der Waals surface area contributed by atoms with Crippen LogP contribution in [0.25, 0.3) is 0 Å². The molecule has 0 saturated carbocycles. The molecule has 0 heterocycles. The van der Waals surface area contributed by atoms with Crippen LogP contribution in [-0.4, -0.2) is 26.6 Å². The minimum atomic E-state index is -0.476. The summed E-state index contributed by atoms with van der Waals surface area (Å²) >= 11 is 0. The van der Waals surface area contributed by atoms with Crippen LogP contribution in [0.2, 0.25) is 0 Å². The summed E-state index contributed by atoms with van der Waals surface area (Å²) in [6.07, 6.45) is 11.4. The Morgan fingerprint density at radius 3 is 2.12 bits per heavy atom. The molecule has 0 spiro atoms. The molecule has 0 fully saturated rings. The highest BCUT2D eigenvalue weighted by Crippen LogP contribution is 2.31. The van der Waals surface area contributed by atoms with Gasteiger partial charge in [0.25, 0.3) is 0 Å². The number of hydrogen-bond donors (Lipinski definition) is 1. The van der Waals surface area contributed by atoms with Crippen LogP contribution in [0.15, 0.2) is 30.3 Å². The van der Waals surface area contributed by atoms with Crippen LogP contribution >= 0.6 is 0 Å². The van der Waals surface area contributed by atoms with Crippen molar-refractivity contribution in [1.82, 2.24) is 0 Å². The standard InChI is InChI=1S/C22H39NO2/c1-5-6-7-8-9-11-15-20(22(2,24-3)25-4)16-14-19-23-21-17-12-10-13-18-21/h10,12-13,17-18,20,23H,5-9,11,14-16,19H2,1-4H3/t20-/m1/s1. The highest BCUT2D eigenvalue weighted by atomic mass is 16.7. The Morgan fingerprint density at radius 1 is 0.880 bits per heavy atom. The second kappa shape index (κ2) is 13.2. The van der Waals surface area contributed by atoms with E-state index in [1.54, 1.807) is 14.2 Å². The van der Waals surface area contributed by atoms with Crippen LogP contribution in [-0.2, 0) is 9.47 Å². The van der Waals surface area contributed by atoms with Crippen molar-refractivity contribution in [2.75, 3.05) is 26.1 Å². The number of ether oxygens (including phenoxy) is 2. The zero-order valence-electron chi connectivity index (χ0n) is 16.9. The number of rotatable bonds is 15. The van der Waals surface area contributed by atoms with Crippen LogP contribution < -0.4 is 5.32 Å². The van der Waals surface area contributed by atoms with Crippen LogP contribution in [0.4, 0.5) is 5.69 Å². The highest BCUT2D eigenvalue weighted by Gasteiger charge is 2.33. The predicted octanol–water partition coefficient (Wildman–Crippen LogP) is 6.25. The van der Waals surface area contributed by atoms with Crippen molar-refractivity contribution < 1.29 is 9.47 Å². The van der Waals surface area contributed by atoms with E-state index in [4.69, 9.17) is 9.47 Å². The molecule has 0 bridgehead atoms. The Kier molecular flexibility index (Phi) is 11.6. The molecule has 1 aromatic carbocycles. The molecule has 3 nitrogen and oxygen atoms in total. The summed E-state index contributed by atoms with van der Waals surface area (Å²) in [6, 6.07) is 10.4. The van der Waals surface area contributed by atoms with Gasteiger partial charge in [-0.2, -0.15) is 0 Å². The molecule has 1 N–H and O–H groups in total. The van der Waals surface area contributed by atoms with Crippen molar-refractivity contribution >= 4 is 5.69 Å². The zero-order valence-corrected chi connectivity index (χ0v) is 16.9. The first-order valence-corrected chi connectivity index (χ1v) is 10.1. The second-order valence-corrected chi connectivity index (χ2v) is 7.11. The second-order valence-electron chi connectivity index (χ2n) is 7.11. The quantitative estimate of drug-likeness (QED) is 0.300. The molecular formula is C22H39NO2. The molecule has 0 aliphatic carbocycles. The first kappa shape index (κ1) is 22.0. The summed E-state index contributed by atoms with van der Waals surface area (Å²) in [5, 5.41) is 3.50. The highest BCUT2D eigenvalue weighted by molar-refractivity contribution is 5.42. The SMILES string of the molecule is CCCCCCCC[C@H](CCCNc1ccccc1)C(C)(OC)OC. The van der Waals surface area contributed by atoms with Crippen molar-refractivity contribution in [1.29, 1.82) is 0 Å². The van der Waals surface area contributed by atoms with Gasteiger partial charge in [-0.1, -0.05) is 63.6 Å². The number of hydrogen-bond acceptors (Lipinski definition) is 3. The minimum absolute atomic E-state index is 0.436. The van der Waals surface area contributed by atoms with Gasteiger partial charge in [-0.15, -0.1) is 0 Å². The summed E-state index contributed by atoms with van der Waals surface area (Å²) in [5.74, 6) is -0.0397. The van der Waals surface area contributed by atoms with Crippen molar-refractivity contribution in [2.24, 2.45) is 5.92 Å². The monoisotopic (exact) mass is 349 g/mol. The fraction of sp³-hybridized carbons (Fsp3) is 0.727. The van der Waals surface area contributed by atoms with Crippen molar-refractivity contribution in [2.45, 2.75) is 77.4 Å². The van der Waals surface area contributed by atoms with Gasteiger partial charge in [0.1, 0.15) is 0 Å². The topological polar surface area (TPSA) is 30.5 Å². The maximum atomic E-state index is 5.72. The summed E-state index contributed by atoms with van der Waals surface area (Å²) in [4.78, 5) is 0. The fourth-order valence-corrected chi connectivity index (χ4v) is 3.39. The van der Waals surface area contributed by atoms with Crippen molar-refractivity contribution in [3.63, 3.8) is 0 Å². The Morgan fingerprint density at radius 2 is 1.48 bits per heavy atom. The van der Waals surface area contributed by atoms with Gasteiger partial charge in [-0.3, -0.25) is 0 Å². The lowest BCUT2D eigenvalue weighted by atomic mass is 9.88. The summed E-state index contributed by atoms with van der Waals surface area (Å²) in [5.41, 5.74) is 1.19. The molecule has 0 aliphatic rings. The van der Waals surface area contributed by atoms with E-state index in [2.05, 4.69) is 43.4 Å². The van der Waals surface area contributed by atoms with E-state index in [9.17, 15) is 0 Å². The van der Waals surface area contributed by atoms with Gasteiger partial charge in [0, 0.05) is 32.4 Å². The van der Waals surface area contributed by atoms with Gasteiger partial charge in [0.2, 0.25) is 0 Å². The molecule has 1 aromatic rings. The Labute approximate surface area is 155 Å².